The summed E-state index contributed by atoms with van der Waals surface area (Å²) in [6.45, 7) is 4.90. The van der Waals surface area contributed by atoms with Gasteiger partial charge in [0.2, 0.25) is 0 Å². The largest absolute Gasteiger partial charge is 0.390 e. The lowest BCUT2D eigenvalue weighted by atomic mass is 10.1. The second kappa shape index (κ2) is 4.98. The van der Waals surface area contributed by atoms with Crippen molar-refractivity contribution in [3.63, 3.8) is 0 Å². The molecule has 3 heteroatoms. The molecular formula is C11H18N2O. The number of nitrogens with two attached hydrogens (primary N) is 1. The van der Waals surface area contributed by atoms with E-state index in [1.165, 1.54) is 11.1 Å². The average Bonchev–Trinajstić information content (AvgIpc) is 2.16. The molecule has 78 valence electrons. The van der Waals surface area contributed by atoms with Gasteiger partial charge in [0.25, 0.3) is 0 Å². The summed E-state index contributed by atoms with van der Waals surface area (Å²) in [6.07, 6.45) is -0.476. The summed E-state index contributed by atoms with van der Waals surface area (Å²) in [5.74, 6) is 0. The first-order valence-electron chi connectivity index (χ1n) is 4.82. The fourth-order valence-electron chi connectivity index (χ4n) is 1.32. The van der Waals surface area contributed by atoms with E-state index >= 15 is 0 Å². The summed E-state index contributed by atoms with van der Waals surface area (Å²) >= 11 is 0. The number of aliphatic hydroxyl groups excluding tert-OH is 1. The fraction of sp³-hybridized carbons (Fsp3) is 0.455. The molecule has 0 aliphatic carbocycles. The summed E-state index contributed by atoms with van der Waals surface area (Å²) in [5, 5.41) is 12.4. The molecular weight excluding hydrogens is 176 g/mol. The highest BCUT2D eigenvalue weighted by molar-refractivity contribution is 5.51. The van der Waals surface area contributed by atoms with E-state index in [0.717, 1.165) is 5.69 Å². The lowest BCUT2D eigenvalue weighted by Gasteiger charge is -2.13. The molecule has 1 rings (SSSR count). The molecule has 0 fully saturated rings. The zero-order chi connectivity index (χ0) is 10.6. The Balaban J connectivity index is 2.59. The summed E-state index contributed by atoms with van der Waals surface area (Å²) in [5.41, 5.74) is 8.80. The highest BCUT2D eigenvalue weighted by Crippen LogP contribution is 2.15. The van der Waals surface area contributed by atoms with E-state index in [-0.39, 0.29) is 6.54 Å². The maximum Gasteiger partial charge on any atom is 0.0834 e. The normalized spacial score (nSPS) is 12.6. The molecule has 0 aliphatic rings. The second-order valence-corrected chi connectivity index (χ2v) is 3.59. The van der Waals surface area contributed by atoms with Crippen LogP contribution < -0.4 is 11.1 Å². The Hall–Kier alpha value is -1.06. The maximum atomic E-state index is 9.28. The molecule has 1 unspecified atom stereocenters. The SMILES string of the molecule is Cc1ccc(NCC(O)CN)c(C)c1. The standard InChI is InChI=1S/C11H18N2O/c1-8-3-4-11(9(2)5-8)13-7-10(14)6-12/h3-5,10,13-14H,6-7,12H2,1-2H3. The van der Waals surface area contributed by atoms with Gasteiger partial charge in [-0.2, -0.15) is 0 Å². The van der Waals surface area contributed by atoms with Crippen LogP contribution in [-0.4, -0.2) is 24.3 Å². The Bertz CT molecular complexity index is 299. The summed E-state index contributed by atoms with van der Waals surface area (Å²) in [4.78, 5) is 0. The third-order valence-corrected chi connectivity index (χ3v) is 2.18. The van der Waals surface area contributed by atoms with Gasteiger partial charge in [0, 0.05) is 18.8 Å². The van der Waals surface area contributed by atoms with Gasteiger partial charge in [-0.05, 0) is 25.5 Å². The van der Waals surface area contributed by atoms with E-state index in [4.69, 9.17) is 5.73 Å². The lowest BCUT2D eigenvalue weighted by Crippen LogP contribution is -2.27. The first-order chi connectivity index (χ1) is 6.63. The van der Waals surface area contributed by atoms with Gasteiger partial charge in [0.1, 0.15) is 0 Å². The van der Waals surface area contributed by atoms with Crippen LogP contribution in [-0.2, 0) is 0 Å². The van der Waals surface area contributed by atoms with Gasteiger partial charge in [0.15, 0.2) is 0 Å². The van der Waals surface area contributed by atoms with Gasteiger partial charge in [-0.3, -0.25) is 0 Å². The smallest absolute Gasteiger partial charge is 0.0834 e. The van der Waals surface area contributed by atoms with Gasteiger partial charge in [-0.1, -0.05) is 17.7 Å². The number of aryl methyl sites for hydroxylation is 2. The molecule has 0 spiro atoms. The van der Waals surface area contributed by atoms with Crippen LogP contribution in [0.1, 0.15) is 11.1 Å². The molecule has 0 radical (unpaired) electrons. The van der Waals surface area contributed by atoms with E-state index in [1.54, 1.807) is 0 Å². The monoisotopic (exact) mass is 194 g/mol. The number of benzene rings is 1. The predicted octanol–water partition coefficient (Wildman–Crippen LogP) is 1.03. The van der Waals surface area contributed by atoms with Crippen LogP contribution in [0, 0.1) is 13.8 Å². The first-order valence-corrected chi connectivity index (χ1v) is 4.82. The van der Waals surface area contributed by atoms with E-state index in [2.05, 4.69) is 18.3 Å². The van der Waals surface area contributed by atoms with Gasteiger partial charge in [-0.25, -0.2) is 0 Å². The second-order valence-electron chi connectivity index (χ2n) is 3.59. The van der Waals surface area contributed by atoms with Crippen LogP contribution in [0.2, 0.25) is 0 Å². The fourth-order valence-corrected chi connectivity index (χ4v) is 1.32. The van der Waals surface area contributed by atoms with E-state index < -0.39 is 6.10 Å². The number of rotatable bonds is 4. The number of anilines is 1. The number of hydrogen-bond donors (Lipinski definition) is 3. The number of aliphatic hydroxyl groups is 1. The van der Waals surface area contributed by atoms with Crippen molar-refractivity contribution in [3.05, 3.63) is 29.3 Å². The molecule has 0 bridgehead atoms. The van der Waals surface area contributed by atoms with Crippen molar-refractivity contribution in [2.24, 2.45) is 5.73 Å². The zero-order valence-corrected chi connectivity index (χ0v) is 8.75. The summed E-state index contributed by atoms with van der Waals surface area (Å²) in [7, 11) is 0. The molecule has 1 atom stereocenters. The van der Waals surface area contributed by atoms with Crippen molar-refractivity contribution in [1.29, 1.82) is 0 Å². The van der Waals surface area contributed by atoms with Crippen LogP contribution in [0.3, 0.4) is 0 Å². The van der Waals surface area contributed by atoms with Crippen LogP contribution >= 0.6 is 0 Å². The maximum absolute atomic E-state index is 9.28. The Morgan fingerprint density at radius 1 is 1.43 bits per heavy atom. The Labute approximate surface area is 84.9 Å². The molecule has 14 heavy (non-hydrogen) atoms. The third kappa shape index (κ3) is 3.01. The summed E-state index contributed by atoms with van der Waals surface area (Å²) in [6, 6.07) is 6.18. The van der Waals surface area contributed by atoms with Gasteiger partial charge in [-0.15, -0.1) is 0 Å². The van der Waals surface area contributed by atoms with Crippen molar-refractivity contribution in [1.82, 2.24) is 0 Å². The van der Waals surface area contributed by atoms with Crippen molar-refractivity contribution in [2.45, 2.75) is 20.0 Å². The molecule has 0 aromatic heterocycles. The van der Waals surface area contributed by atoms with Crippen molar-refractivity contribution in [3.8, 4) is 0 Å². The lowest BCUT2D eigenvalue weighted by molar-refractivity contribution is 0.196. The molecule has 0 heterocycles. The van der Waals surface area contributed by atoms with Gasteiger partial charge < -0.3 is 16.2 Å². The zero-order valence-electron chi connectivity index (χ0n) is 8.75. The number of hydrogen-bond acceptors (Lipinski definition) is 3. The minimum Gasteiger partial charge on any atom is -0.390 e. The van der Waals surface area contributed by atoms with E-state index in [1.807, 2.05) is 19.1 Å². The van der Waals surface area contributed by atoms with E-state index in [9.17, 15) is 5.11 Å². The van der Waals surface area contributed by atoms with E-state index in [0.29, 0.717) is 6.54 Å². The third-order valence-electron chi connectivity index (χ3n) is 2.18. The molecule has 1 aromatic rings. The van der Waals surface area contributed by atoms with Gasteiger partial charge in [0.05, 0.1) is 6.10 Å². The minimum atomic E-state index is -0.476. The van der Waals surface area contributed by atoms with Crippen LogP contribution in [0.5, 0.6) is 0 Å². The van der Waals surface area contributed by atoms with Crippen LogP contribution in [0.15, 0.2) is 18.2 Å². The Morgan fingerprint density at radius 2 is 2.14 bits per heavy atom. The van der Waals surface area contributed by atoms with Crippen molar-refractivity contribution < 1.29 is 5.11 Å². The Kier molecular flexibility index (Phi) is 3.92. The molecule has 1 aromatic carbocycles. The summed E-state index contributed by atoms with van der Waals surface area (Å²) < 4.78 is 0. The Morgan fingerprint density at radius 3 is 2.71 bits per heavy atom. The highest BCUT2D eigenvalue weighted by atomic mass is 16.3. The highest BCUT2D eigenvalue weighted by Gasteiger charge is 2.02. The molecule has 0 saturated carbocycles. The topological polar surface area (TPSA) is 58.3 Å². The quantitative estimate of drug-likeness (QED) is 0.671. The van der Waals surface area contributed by atoms with Crippen molar-refractivity contribution >= 4 is 5.69 Å². The van der Waals surface area contributed by atoms with Crippen molar-refractivity contribution in [2.75, 3.05) is 18.4 Å². The molecule has 0 aliphatic heterocycles. The van der Waals surface area contributed by atoms with Crippen LogP contribution in [0.25, 0.3) is 0 Å². The molecule has 4 N–H and O–H groups in total. The average molecular weight is 194 g/mol. The number of nitrogens with one attached hydrogen (secondary N) is 1. The molecule has 3 nitrogen and oxygen atoms in total. The minimum absolute atomic E-state index is 0.290. The predicted molar refractivity (Wildman–Crippen MR) is 59.5 cm³/mol. The van der Waals surface area contributed by atoms with Gasteiger partial charge >= 0.3 is 0 Å². The van der Waals surface area contributed by atoms with Crippen LogP contribution in [0.4, 0.5) is 5.69 Å². The first kappa shape index (κ1) is 11.0. The molecule has 0 amide bonds. The molecule has 0 saturated heterocycles.